The Morgan fingerprint density at radius 2 is 0.426 bits per heavy atom. The summed E-state index contributed by atoms with van der Waals surface area (Å²) in [4.78, 5) is 0. The highest BCUT2D eigenvalue weighted by Crippen LogP contribution is 2.32. The lowest BCUT2D eigenvalue weighted by Gasteiger charge is -2.29. The molecule has 318 valence electrons. The van der Waals surface area contributed by atoms with Gasteiger partial charge in [-0.05, 0) is 19.3 Å². The van der Waals surface area contributed by atoms with Crippen LogP contribution in [0.4, 0.5) is 0 Å². The molecule has 0 fully saturated rings. The van der Waals surface area contributed by atoms with Crippen molar-refractivity contribution in [3.05, 3.63) is 30.6 Å². The van der Waals surface area contributed by atoms with Crippen LogP contribution in [0.2, 0.25) is 0 Å². The third-order valence-corrected chi connectivity index (χ3v) is 13.0. The number of nitrogens with zero attached hydrogens (tertiary/aromatic N) is 1. The van der Waals surface area contributed by atoms with E-state index in [4.69, 9.17) is 0 Å². The highest BCUT2D eigenvalue weighted by atomic mass is 15.0. The van der Waals surface area contributed by atoms with E-state index in [1.54, 1.807) is 0 Å². The van der Waals surface area contributed by atoms with Gasteiger partial charge in [0.15, 0.2) is 17.9 Å². The molecule has 1 aromatic rings. The van der Waals surface area contributed by atoms with Crippen LogP contribution in [0.1, 0.15) is 303 Å². The second kappa shape index (κ2) is 41.8. The van der Waals surface area contributed by atoms with Crippen molar-refractivity contribution in [2.75, 3.05) is 0 Å². The number of unbranched alkanes of at least 4 members (excludes halogenated alkanes) is 38. The Kier molecular flexibility index (Phi) is 39.6. The largest absolute Gasteiger partial charge is 0.200 e. The summed E-state index contributed by atoms with van der Waals surface area (Å²) < 4.78 is 2.69. The first-order chi connectivity index (χ1) is 26.8. The second-order valence-electron chi connectivity index (χ2n) is 18.2. The molecule has 1 heteroatoms. The molecule has 0 saturated carbocycles. The fraction of sp³-hybridized carbons (Fsp3) is 0.906. The van der Waals surface area contributed by atoms with E-state index >= 15 is 0 Å². The Balaban J connectivity index is 2.46. The van der Waals surface area contributed by atoms with E-state index in [9.17, 15) is 0 Å². The van der Waals surface area contributed by atoms with E-state index in [0.29, 0.717) is 5.54 Å². The van der Waals surface area contributed by atoms with Crippen LogP contribution in [0.5, 0.6) is 0 Å². The number of hydrogen-bond donors (Lipinski definition) is 0. The molecular weight excluding hydrogens is 651 g/mol. The van der Waals surface area contributed by atoms with E-state index in [2.05, 4.69) is 55.9 Å². The van der Waals surface area contributed by atoms with Crippen molar-refractivity contribution < 1.29 is 4.57 Å². The van der Waals surface area contributed by atoms with E-state index < -0.39 is 0 Å². The molecule has 0 N–H and O–H groups in total. The van der Waals surface area contributed by atoms with Gasteiger partial charge in [-0.2, -0.15) is 4.57 Å². The summed E-state index contributed by atoms with van der Waals surface area (Å²) in [5.74, 6) is 0. The predicted octanol–water partition coefficient (Wildman–Crippen LogP) is 18.9. The molecular formula is C53H102N+. The average molecular weight is 753 g/mol. The van der Waals surface area contributed by atoms with Crippen LogP contribution in [-0.4, -0.2) is 0 Å². The van der Waals surface area contributed by atoms with Crippen molar-refractivity contribution in [1.29, 1.82) is 0 Å². The normalized spacial score (nSPS) is 11.9. The maximum Gasteiger partial charge on any atom is 0.169 e. The first-order valence-corrected chi connectivity index (χ1v) is 25.8. The van der Waals surface area contributed by atoms with Gasteiger partial charge in [-0.15, -0.1) is 0 Å². The molecule has 0 aliphatic heterocycles. The summed E-state index contributed by atoms with van der Waals surface area (Å²) in [6.07, 6.45) is 68.4. The molecule has 0 saturated heterocycles. The molecule has 0 bridgehead atoms. The smallest absolute Gasteiger partial charge is 0.169 e. The molecule has 0 aromatic carbocycles. The Morgan fingerprint density at radius 1 is 0.241 bits per heavy atom. The summed E-state index contributed by atoms with van der Waals surface area (Å²) in [6, 6.07) is 6.83. The molecule has 54 heavy (non-hydrogen) atoms. The van der Waals surface area contributed by atoms with Crippen molar-refractivity contribution in [2.45, 2.75) is 309 Å². The van der Waals surface area contributed by atoms with E-state index in [-0.39, 0.29) is 0 Å². The summed E-state index contributed by atoms with van der Waals surface area (Å²) in [6.45, 7) is 6.96. The highest BCUT2D eigenvalue weighted by Gasteiger charge is 2.37. The topological polar surface area (TPSA) is 3.88 Å². The Labute approximate surface area is 342 Å². The first-order valence-electron chi connectivity index (χ1n) is 25.8. The van der Waals surface area contributed by atoms with Crippen molar-refractivity contribution in [3.63, 3.8) is 0 Å². The summed E-state index contributed by atoms with van der Waals surface area (Å²) in [5, 5.41) is 0. The van der Waals surface area contributed by atoms with Gasteiger partial charge < -0.3 is 0 Å². The fourth-order valence-electron chi connectivity index (χ4n) is 9.25. The van der Waals surface area contributed by atoms with Gasteiger partial charge in [-0.3, -0.25) is 0 Å². The zero-order chi connectivity index (χ0) is 38.7. The Hall–Kier alpha value is -0.850. The maximum atomic E-state index is 2.69. The van der Waals surface area contributed by atoms with Gasteiger partial charge in [0, 0.05) is 31.4 Å². The fourth-order valence-corrected chi connectivity index (χ4v) is 9.25. The van der Waals surface area contributed by atoms with Gasteiger partial charge in [0.1, 0.15) is 0 Å². The van der Waals surface area contributed by atoms with Crippen LogP contribution in [0, 0.1) is 0 Å². The van der Waals surface area contributed by atoms with Gasteiger partial charge in [0.25, 0.3) is 0 Å². The highest BCUT2D eigenvalue weighted by molar-refractivity contribution is 4.86. The van der Waals surface area contributed by atoms with Gasteiger partial charge in [0.2, 0.25) is 0 Å². The molecule has 1 nitrogen and oxygen atoms in total. The predicted molar refractivity (Wildman–Crippen MR) is 245 cm³/mol. The standard InChI is InChI=1S/C53H102N/c1-4-7-10-13-16-19-22-25-26-29-32-35-38-41-45-50-53(54-51-46-42-47-52-54,48-43-39-36-33-30-27-23-20-17-14-11-8-5-2)49-44-40-37-34-31-28-24-21-18-15-12-9-6-3/h42,46-47,51-52H,4-41,43-45,48-50H2,1-3H3/q+1. The van der Waals surface area contributed by atoms with Gasteiger partial charge in [0.05, 0.1) is 0 Å². The number of pyridine rings is 1. The van der Waals surface area contributed by atoms with Crippen LogP contribution in [0.15, 0.2) is 30.6 Å². The van der Waals surface area contributed by atoms with Gasteiger partial charge in [-0.1, -0.05) is 271 Å². The molecule has 0 spiro atoms. The maximum absolute atomic E-state index is 2.69. The minimum absolute atomic E-state index is 0.327. The zero-order valence-electron chi connectivity index (χ0n) is 37.9. The molecule has 0 radical (unpaired) electrons. The number of aromatic nitrogens is 1. The SMILES string of the molecule is CCCCCCCCCCCCCCCCCC(CCCCCCCCCCCCCCC)(CCCCCCCCCCCCCCC)[n+]1ccccc1. The van der Waals surface area contributed by atoms with E-state index in [0.717, 1.165) is 0 Å². The average Bonchev–Trinajstić information content (AvgIpc) is 3.20. The third-order valence-electron chi connectivity index (χ3n) is 13.0. The molecule has 1 aromatic heterocycles. The summed E-state index contributed by atoms with van der Waals surface area (Å²) >= 11 is 0. The van der Waals surface area contributed by atoms with Crippen molar-refractivity contribution in [3.8, 4) is 0 Å². The van der Waals surface area contributed by atoms with Crippen LogP contribution < -0.4 is 4.57 Å². The summed E-state index contributed by atoms with van der Waals surface area (Å²) in [7, 11) is 0. The van der Waals surface area contributed by atoms with Crippen LogP contribution in [0.3, 0.4) is 0 Å². The number of hydrogen-bond acceptors (Lipinski definition) is 0. The molecule has 0 amide bonds. The molecule has 0 atom stereocenters. The first kappa shape index (κ1) is 51.2. The zero-order valence-corrected chi connectivity index (χ0v) is 37.9. The van der Waals surface area contributed by atoms with E-state index in [1.165, 1.54) is 283 Å². The minimum Gasteiger partial charge on any atom is -0.200 e. The van der Waals surface area contributed by atoms with Crippen LogP contribution >= 0.6 is 0 Å². The quantitative estimate of drug-likeness (QED) is 0.0461. The molecule has 0 unspecified atom stereocenters. The lowest BCUT2D eigenvalue weighted by molar-refractivity contribution is -0.768. The molecule has 1 heterocycles. The third kappa shape index (κ3) is 32.3. The Morgan fingerprint density at radius 3 is 0.630 bits per heavy atom. The molecule has 0 aliphatic rings. The number of rotatable bonds is 45. The van der Waals surface area contributed by atoms with Gasteiger partial charge in [-0.25, -0.2) is 0 Å². The lowest BCUT2D eigenvalue weighted by Crippen LogP contribution is -2.55. The second-order valence-corrected chi connectivity index (χ2v) is 18.2. The van der Waals surface area contributed by atoms with Crippen molar-refractivity contribution in [1.82, 2.24) is 0 Å². The van der Waals surface area contributed by atoms with Crippen molar-refractivity contribution >= 4 is 0 Å². The molecule has 1 rings (SSSR count). The van der Waals surface area contributed by atoms with E-state index in [1.807, 2.05) is 0 Å². The van der Waals surface area contributed by atoms with Crippen LogP contribution in [-0.2, 0) is 5.54 Å². The molecule has 0 aliphatic carbocycles. The Bertz CT molecular complexity index is 786. The van der Waals surface area contributed by atoms with Crippen LogP contribution in [0.25, 0.3) is 0 Å². The minimum atomic E-state index is 0.327. The van der Waals surface area contributed by atoms with Crippen molar-refractivity contribution in [2.24, 2.45) is 0 Å². The summed E-state index contributed by atoms with van der Waals surface area (Å²) in [5.41, 5.74) is 0.327. The monoisotopic (exact) mass is 753 g/mol. The van der Waals surface area contributed by atoms with Gasteiger partial charge >= 0.3 is 0 Å². The lowest BCUT2D eigenvalue weighted by atomic mass is 9.81.